The van der Waals surface area contributed by atoms with Gasteiger partial charge in [0.25, 0.3) is 5.56 Å². The summed E-state index contributed by atoms with van der Waals surface area (Å²) in [5, 5.41) is 13.5. The number of carbonyl (C=O) groups is 2. The van der Waals surface area contributed by atoms with Crippen LogP contribution in [0, 0.1) is 0 Å². The first-order valence-corrected chi connectivity index (χ1v) is 12.9. The summed E-state index contributed by atoms with van der Waals surface area (Å²) in [6, 6.07) is 18.2. The van der Waals surface area contributed by atoms with E-state index in [1.807, 2.05) is 30.3 Å². The fourth-order valence-electron chi connectivity index (χ4n) is 4.20. The maximum absolute atomic E-state index is 12.5. The molecule has 10 nitrogen and oxygen atoms in total. The molecule has 1 aliphatic rings. The van der Waals surface area contributed by atoms with Crippen LogP contribution in [0.25, 0.3) is 11.3 Å². The molecule has 0 aliphatic carbocycles. The van der Waals surface area contributed by atoms with Gasteiger partial charge in [0.1, 0.15) is 0 Å². The number of nitrogens with zero attached hydrogens (tertiary/aromatic N) is 3. The van der Waals surface area contributed by atoms with E-state index in [4.69, 9.17) is 4.74 Å². The smallest absolute Gasteiger partial charge is 0.411 e. The summed E-state index contributed by atoms with van der Waals surface area (Å²) in [5.74, 6) is 0.0443. The molecule has 1 aromatic heterocycles. The predicted molar refractivity (Wildman–Crippen MR) is 146 cm³/mol. The van der Waals surface area contributed by atoms with E-state index in [0.717, 1.165) is 49.4 Å². The maximum Gasteiger partial charge on any atom is 0.411 e. The summed E-state index contributed by atoms with van der Waals surface area (Å²) in [4.78, 5) is 38.7. The van der Waals surface area contributed by atoms with Crippen LogP contribution < -0.4 is 21.5 Å². The van der Waals surface area contributed by atoms with Gasteiger partial charge in [0.2, 0.25) is 5.91 Å². The largest absolute Gasteiger partial charge is 0.450 e. The summed E-state index contributed by atoms with van der Waals surface area (Å²) >= 11 is 0. The van der Waals surface area contributed by atoms with E-state index >= 15 is 0 Å². The van der Waals surface area contributed by atoms with E-state index in [1.54, 1.807) is 31.2 Å². The molecular formula is C28H34N6O4. The van der Waals surface area contributed by atoms with Crippen molar-refractivity contribution < 1.29 is 14.3 Å². The number of ether oxygens (including phenoxy) is 1. The number of carbonyl (C=O) groups excluding carboxylic acids is 2. The molecule has 0 atom stereocenters. The molecule has 2 heterocycles. The Morgan fingerprint density at radius 1 is 1.03 bits per heavy atom. The van der Waals surface area contributed by atoms with Crippen LogP contribution in [0.2, 0.25) is 0 Å². The van der Waals surface area contributed by atoms with Crippen molar-refractivity contribution in [2.24, 2.45) is 0 Å². The van der Waals surface area contributed by atoms with Crippen LogP contribution >= 0.6 is 0 Å². The Labute approximate surface area is 222 Å². The van der Waals surface area contributed by atoms with Crippen LogP contribution in [0.3, 0.4) is 0 Å². The molecule has 38 heavy (non-hydrogen) atoms. The summed E-state index contributed by atoms with van der Waals surface area (Å²) < 4.78 is 6.31. The second kappa shape index (κ2) is 13.5. The van der Waals surface area contributed by atoms with E-state index in [-0.39, 0.29) is 24.6 Å². The molecule has 0 saturated carbocycles. The normalized spacial score (nSPS) is 13.6. The van der Waals surface area contributed by atoms with Gasteiger partial charge in [0.15, 0.2) is 0 Å². The van der Waals surface area contributed by atoms with Gasteiger partial charge in [-0.05, 0) is 36.2 Å². The van der Waals surface area contributed by atoms with Crippen LogP contribution in [-0.2, 0) is 22.6 Å². The zero-order valence-corrected chi connectivity index (χ0v) is 21.6. The minimum Gasteiger partial charge on any atom is -0.450 e. The lowest BCUT2D eigenvalue weighted by atomic mass is 10.1. The molecule has 0 unspecified atom stereocenters. The van der Waals surface area contributed by atoms with Gasteiger partial charge in [-0.3, -0.25) is 14.9 Å². The minimum absolute atomic E-state index is 0.0443. The minimum atomic E-state index is -0.528. The van der Waals surface area contributed by atoms with Gasteiger partial charge in [0.05, 0.1) is 18.8 Å². The Kier molecular flexibility index (Phi) is 9.60. The number of benzene rings is 2. The molecular weight excluding hydrogens is 484 g/mol. The van der Waals surface area contributed by atoms with Gasteiger partial charge < -0.3 is 20.3 Å². The predicted octanol–water partition coefficient (Wildman–Crippen LogP) is 2.44. The zero-order valence-electron chi connectivity index (χ0n) is 21.6. The monoisotopic (exact) mass is 518 g/mol. The maximum atomic E-state index is 12.5. The number of rotatable bonds is 10. The van der Waals surface area contributed by atoms with Crippen molar-refractivity contribution in [3.63, 3.8) is 0 Å². The van der Waals surface area contributed by atoms with Gasteiger partial charge in [-0.15, -0.1) is 0 Å². The fourth-order valence-corrected chi connectivity index (χ4v) is 4.20. The van der Waals surface area contributed by atoms with Crippen molar-refractivity contribution >= 4 is 17.7 Å². The number of amides is 2. The SMILES string of the molecule is CCOC(=O)Nc1cccc(Cn2nc(-c3ccc(CNC(=O)CCN4CCNCC4)cc3)ccc2=O)c1. The third-order valence-electron chi connectivity index (χ3n) is 6.25. The van der Waals surface area contributed by atoms with Crippen molar-refractivity contribution in [2.75, 3.05) is 44.6 Å². The zero-order chi connectivity index (χ0) is 26.7. The quantitative estimate of drug-likeness (QED) is 0.377. The van der Waals surface area contributed by atoms with E-state index in [0.29, 0.717) is 24.3 Å². The Morgan fingerprint density at radius 3 is 2.58 bits per heavy atom. The van der Waals surface area contributed by atoms with E-state index in [1.165, 1.54) is 10.7 Å². The van der Waals surface area contributed by atoms with Gasteiger partial charge in [0, 0.05) is 63.0 Å². The summed E-state index contributed by atoms with van der Waals surface area (Å²) in [7, 11) is 0. The first kappa shape index (κ1) is 27.0. The topological polar surface area (TPSA) is 118 Å². The van der Waals surface area contributed by atoms with Crippen LogP contribution in [0.1, 0.15) is 24.5 Å². The highest BCUT2D eigenvalue weighted by molar-refractivity contribution is 5.84. The summed E-state index contributed by atoms with van der Waals surface area (Å²) in [5.41, 5.74) is 3.69. The Morgan fingerprint density at radius 2 is 1.82 bits per heavy atom. The highest BCUT2D eigenvalue weighted by Crippen LogP contribution is 2.17. The first-order valence-electron chi connectivity index (χ1n) is 12.9. The number of nitrogens with one attached hydrogen (secondary N) is 3. The summed E-state index contributed by atoms with van der Waals surface area (Å²) in [6.45, 7) is 7.43. The van der Waals surface area contributed by atoms with E-state index in [9.17, 15) is 14.4 Å². The van der Waals surface area contributed by atoms with Crippen molar-refractivity contribution in [2.45, 2.75) is 26.4 Å². The third-order valence-corrected chi connectivity index (χ3v) is 6.25. The standard InChI is InChI=1S/C28H34N6O4/c1-2-38-28(37)31-24-5-3-4-22(18-24)20-34-27(36)11-10-25(32-34)23-8-6-21(7-9-23)19-30-26(35)12-15-33-16-13-29-14-17-33/h3-11,18,29H,2,12-17,19-20H2,1H3,(H,30,35)(H,31,37). The molecule has 0 radical (unpaired) electrons. The van der Waals surface area contributed by atoms with Gasteiger partial charge >= 0.3 is 6.09 Å². The average molecular weight is 519 g/mol. The summed E-state index contributed by atoms with van der Waals surface area (Å²) in [6.07, 6.45) is -0.0362. The van der Waals surface area contributed by atoms with Crippen molar-refractivity contribution in [1.82, 2.24) is 25.3 Å². The van der Waals surface area contributed by atoms with Crippen molar-refractivity contribution in [3.05, 3.63) is 82.1 Å². The fraction of sp³-hybridized carbons (Fsp3) is 0.357. The molecule has 0 bridgehead atoms. The highest BCUT2D eigenvalue weighted by Gasteiger charge is 2.11. The van der Waals surface area contributed by atoms with E-state index in [2.05, 4.69) is 25.9 Å². The number of anilines is 1. The van der Waals surface area contributed by atoms with Gasteiger partial charge in [-0.1, -0.05) is 36.4 Å². The molecule has 3 N–H and O–H groups in total. The first-order chi connectivity index (χ1) is 18.5. The van der Waals surface area contributed by atoms with Gasteiger partial charge in [-0.25, -0.2) is 9.48 Å². The Hall–Kier alpha value is -4.02. The average Bonchev–Trinajstić information content (AvgIpc) is 2.93. The van der Waals surface area contributed by atoms with Crippen molar-refractivity contribution in [1.29, 1.82) is 0 Å². The van der Waals surface area contributed by atoms with Crippen LogP contribution in [-0.4, -0.2) is 66.0 Å². The molecule has 1 saturated heterocycles. The van der Waals surface area contributed by atoms with Crippen LogP contribution in [0.4, 0.5) is 10.5 Å². The molecule has 200 valence electrons. The Bertz CT molecular complexity index is 1290. The van der Waals surface area contributed by atoms with E-state index < -0.39 is 6.09 Å². The molecule has 1 aliphatic heterocycles. The molecule has 2 amide bonds. The Balaban J connectivity index is 1.34. The number of aromatic nitrogens is 2. The lowest BCUT2D eigenvalue weighted by Crippen LogP contribution is -2.44. The molecule has 0 spiro atoms. The number of hydrogen-bond donors (Lipinski definition) is 3. The highest BCUT2D eigenvalue weighted by atomic mass is 16.5. The van der Waals surface area contributed by atoms with Crippen LogP contribution in [0.5, 0.6) is 0 Å². The molecule has 10 heteroatoms. The molecule has 3 aromatic rings. The lowest BCUT2D eigenvalue weighted by Gasteiger charge is -2.26. The number of piperazine rings is 1. The molecule has 2 aromatic carbocycles. The number of hydrogen-bond acceptors (Lipinski definition) is 7. The lowest BCUT2D eigenvalue weighted by molar-refractivity contribution is -0.121. The third kappa shape index (κ3) is 7.99. The van der Waals surface area contributed by atoms with Crippen LogP contribution in [0.15, 0.2) is 65.5 Å². The molecule has 1 fully saturated rings. The second-order valence-electron chi connectivity index (χ2n) is 9.08. The second-order valence-corrected chi connectivity index (χ2v) is 9.08. The van der Waals surface area contributed by atoms with Crippen molar-refractivity contribution in [3.8, 4) is 11.3 Å². The van der Waals surface area contributed by atoms with Gasteiger partial charge in [-0.2, -0.15) is 5.10 Å². The molecule has 4 rings (SSSR count).